The molecular formula is C19H33N7O3. The zero-order valence-corrected chi connectivity index (χ0v) is 17.1. The molecule has 0 aliphatic rings. The number of nitrogens with one attached hydrogen (secondary N) is 2. The lowest BCUT2D eigenvalue weighted by atomic mass is 10.00. The summed E-state index contributed by atoms with van der Waals surface area (Å²) in [6.45, 7) is 4.37. The van der Waals surface area contributed by atoms with Crippen LogP contribution >= 0.6 is 0 Å². The van der Waals surface area contributed by atoms with E-state index in [0.29, 0.717) is 31.4 Å². The second-order valence-electron chi connectivity index (χ2n) is 7.60. The topological polar surface area (TPSA) is 179 Å². The zero-order chi connectivity index (χ0) is 21.9. The fourth-order valence-electron chi connectivity index (χ4n) is 2.77. The second kappa shape index (κ2) is 12.2. The van der Waals surface area contributed by atoms with E-state index in [1.807, 2.05) is 13.8 Å². The highest BCUT2D eigenvalue weighted by Crippen LogP contribution is 2.09. The monoisotopic (exact) mass is 407 g/mol. The average Bonchev–Trinajstić information content (AvgIpc) is 2.67. The summed E-state index contributed by atoms with van der Waals surface area (Å²) in [6.07, 6.45) is 7.18. The normalized spacial score (nSPS) is 15.2. The molecule has 0 aliphatic carbocycles. The molecule has 1 aromatic rings. The Morgan fingerprint density at radius 3 is 2.52 bits per heavy atom. The van der Waals surface area contributed by atoms with Gasteiger partial charge in [0.15, 0.2) is 11.9 Å². The lowest BCUT2D eigenvalue weighted by molar-refractivity contribution is -0.132. The molecule has 29 heavy (non-hydrogen) atoms. The number of aldehydes is 1. The molecule has 1 heterocycles. The Morgan fingerprint density at radius 1 is 1.24 bits per heavy atom. The highest BCUT2D eigenvalue weighted by molar-refractivity contribution is 5.91. The molecular weight excluding hydrogens is 374 g/mol. The van der Waals surface area contributed by atoms with Gasteiger partial charge in [0, 0.05) is 25.0 Å². The van der Waals surface area contributed by atoms with Crippen LogP contribution in [0.1, 0.15) is 45.2 Å². The Hall–Kier alpha value is -2.43. The van der Waals surface area contributed by atoms with Crippen molar-refractivity contribution >= 4 is 18.1 Å². The van der Waals surface area contributed by atoms with E-state index in [-0.39, 0.29) is 12.3 Å². The van der Waals surface area contributed by atoms with E-state index in [9.17, 15) is 14.4 Å². The van der Waals surface area contributed by atoms with Crippen LogP contribution in [0.15, 0.2) is 18.6 Å². The molecule has 0 aromatic carbocycles. The maximum Gasteiger partial charge on any atom is 0.244 e. The SMILES string of the molecule is CC(C)C[C@H](NC(=O)[C@@H](N)CCCCN)C(=O)NC(N)(C=O)Cc1cnccn1. The molecule has 10 heteroatoms. The van der Waals surface area contributed by atoms with Crippen molar-refractivity contribution in [1.82, 2.24) is 20.6 Å². The molecule has 0 aliphatic heterocycles. The van der Waals surface area contributed by atoms with Crippen LogP contribution in [0.5, 0.6) is 0 Å². The van der Waals surface area contributed by atoms with Gasteiger partial charge in [0.05, 0.1) is 11.7 Å². The third kappa shape index (κ3) is 9.07. The number of hydrogen-bond donors (Lipinski definition) is 5. The quantitative estimate of drug-likeness (QED) is 0.156. The predicted molar refractivity (Wildman–Crippen MR) is 109 cm³/mol. The van der Waals surface area contributed by atoms with Gasteiger partial charge in [-0.15, -0.1) is 0 Å². The Bertz CT molecular complexity index is 656. The summed E-state index contributed by atoms with van der Waals surface area (Å²) in [6, 6.07) is -1.61. The van der Waals surface area contributed by atoms with Gasteiger partial charge in [-0.1, -0.05) is 20.3 Å². The fourth-order valence-corrected chi connectivity index (χ4v) is 2.77. The van der Waals surface area contributed by atoms with Crippen molar-refractivity contribution in [1.29, 1.82) is 0 Å². The van der Waals surface area contributed by atoms with Gasteiger partial charge in [0.2, 0.25) is 11.8 Å². The van der Waals surface area contributed by atoms with Crippen LogP contribution in [0, 0.1) is 5.92 Å². The van der Waals surface area contributed by atoms with Gasteiger partial charge < -0.3 is 27.8 Å². The Kier molecular flexibility index (Phi) is 10.4. The number of carbonyl (C=O) groups excluding carboxylic acids is 3. The molecule has 0 fully saturated rings. The number of rotatable bonds is 13. The van der Waals surface area contributed by atoms with E-state index in [4.69, 9.17) is 17.2 Å². The van der Waals surface area contributed by atoms with Gasteiger partial charge in [0.25, 0.3) is 0 Å². The molecule has 162 valence electrons. The van der Waals surface area contributed by atoms with Crippen LogP contribution in [-0.4, -0.2) is 52.4 Å². The van der Waals surface area contributed by atoms with Crippen molar-refractivity contribution in [2.24, 2.45) is 23.1 Å². The minimum atomic E-state index is -1.67. The summed E-state index contributed by atoms with van der Waals surface area (Å²) in [5.41, 5.74) is 16.2. The van der Waals surface area contributed by atoms with Gasteiger partial charge in [-0.25, -0.2) is 0 Å². The summed E-state index contributed by atoms with van der Waals surface area (Å²) in [7, 11) is 0. The van der Waals surface area contributed by atoms with E-state index in [1.165, 1.54) is 18.6 Å². The third-order valence-electron chi connectivity index (χ3n) is 4.30. The number of amides is 2. The van der Waals surface area contributed by atoms with E-state index in [1.54, 1.807) is 0 Å². The van der Waals surface area contributed by atoms with Gasteiger partial charge in [-0.05, 0) is 31.7 Å². The van der Waals surface area contributed by atoms with Crippen LogP contribution in [0.25, 0.3) is 0 Å². The first-order valence-corrected chi connectivity index (χ1v) is 9.79. The van der Waals surface area contributed by atoms with Crippen LogP contribution < -0.4 is 27.8 Å². The highest BCUT2D eigenvalue weighted by atomic mass is 16.2. The second-order valence-corrected chi connectivity index (χ2v) is 7.60. The summed E-state index contributed by atoms with van der Waals surface area (Å²) in [5.74, 6) is -0.868. The molecule has 0 saturated carbocycles. The third-order valence-corrected chi connectivity index (χ3v) is 4.30. The lowest BCUT2D eigenvalue weighted by Crippen LogP contribution is -2.63. The summed E-state index contributed by atoms with van der Waals surface area (Å²) in [4.78, 5) is 44.8. The number of nitrogens with two attached hydrogens (primary N) is 3. The minimum Gasteiger partial charge on any atom is -0.343 e. The number of aromatic nitrogens is 2. The van der Waals surface area contributed by atoms with Crippen LogP contribution in [0.2, 0.25) is 0 Å². The lowest BCUT2D eigenvalue weighted by Gasteiger charge is -2.28. The molecule has 1 rings (SSSR count). The molecule has 0 radical (unpaired) electrons. The van der Waals surface area contributed by atoms with Crippen LogP contribution in [0.3, 0.4) is 0 Å². The summed E-state index contributed by atoms with van der Waals surface area (Å²) >= 11 is 0. The maximum absolute atomic E-state index is 12.8. The maximum atomic E-state index is 12.8. The van der Waals surface area contributed by atoms with Crippen molar-refractivity contribution in [3.05, 3.63) is 24.3 Å². The average molecular weight is 408 g/mol. The fraction of sp³-hybridized carbons (Fsp3) is 0.632. The Labute approximate surface area is 171 Å². The largest absolute Gasteiger partial charge is 0.343 e. The zero-order valence-electron chi connectivity index (χ0n) is 17.1. The molecule has 10 nitrogen and oxygen atoms in total. The standard InChI is InChI=1S/C19H33N7O3/c1-13(2)9-16(25-17(28)15(21)5-3-4-6-20)18(29)26-19(22,12-27)10-14-11-23-7-8-24-14/h7-8,11-13,15-16H,3-6,9-10,20-22H2,1-2H3,(H,25,28)(H,26,29)/t15-,16-,19?/m0/s1. The first-order chi connectivity index (χ1) is 13.7. The number of carbonyl (C=O) groups is 3. The Balaban J connectivity index is 2.80. The Morgan fingerprint density at radius 2 is 1.97 bits per heavy atom. The van der Waals surface area contributed by atoms with Crippen LogP contribution in [0.4, 0.5) is 0 Å². The van der Waals surface area contributed by atoms with Crippen molar-refractivity contribution in [3.63, 3.8) is 0 Å². The van der Waals surface area contributed by atoms with Gasteiger partial charge in [0.1, 0.15) is 6.04 Å². The highest BCUT2D eigenvalue weighted by Gasteiger charge is 2.32. The van der Waals surface area contributed by atoms with Crippen molar-refractivity contribution in [2.45, 2.75) is 63.7 Å². The first-order valence-electron chi connectivity index (χ1n) is 9.79. The molecule has 3 atom stereocenters. The van der Waals surface area contributed by atoms with Crippen molar-refractivity contribution in [3.8, 4) is 0 Å². The van der Waals surface area contributed by atoms with Gasteiger partial charge in [-0.2, -0.15) is 0 Å². The molecule has 2 amide bonds. The molecule has 0 bridgehead atoms. The number of hydrogen-bond acceptors (Lipinski definition) is 8. The molecule has 0 spiro atoms. The van der Waals surface area contributed by atoms with Gasteiger partial charge in [-0.3, -0.25) is 24.4 Å². The van der Waals surface area contributed by atoms with Crippen LogP contribution in [-0.2, 0) is 20.8 Å². The number of nitrogens with zero attached hydrogens (tertiary/aromatic N) is 2. The smallest absolute Gasteiger partial charge is 0.244 e. The van der Waals surface area contributed by atoms with E-state index >= 15 is 0 Å². The first kappa shape index (κ1) is 24.6. The molecule has 1 aromatic heterocycles. The van der Waals surface area contributed by atoms with Crippen molar-refractivity contribution < 1.29 is 14.4 Å². The summed E-state index contributed by atoms with van der Waals surface area (Å²) in [5, 5.41) is 5.20. The minimum absolute atomic E-state index is 0.0307. The molecule has 0 saturated heterocycles. The number of unbranched alkanes of at least 4 members (excludes halogenated alkanes) is 1. The molecule has 8 N–H and O–H groups in total. The van der Waals surface area contributed by atoms with Gasteiger partial charge >= 0.3 is 0 Å². The molecule has 1 unspecified atom stereocenters. The van der Waals surface area contributed by atoms with E-state index in [2.05, 4.69) is 20.6 Å². The van der Waals surface area contributed by atoms with Crippen molar-refractivity contribution in [2.75, 3.05) is 6.54 Å². The predicted octanol–water partition coefficient (Wildman–Crippen LogP) is -1.02. The van der Waals surface area contributed by atoms with E-state index in [0.717, 1.165) is 12.8 Å². The van der Waals surface area contributed by atoms with E-state index < -0.39 is 29.6 Å². The summed E-state index contributed by atoms with van der Waals surface area (Å²) < 4.78 is 0.